The Kier molecular flexibility index (Phi) is 5.38. The standard InChI is InChI=1S/C19H25N3O3/c1-14(2)13-25-17-11-22(16-6-4-3-5-7-16)20-18(17)19(24)21-9-8-15(10-21)12-23/h3-7,11,14-15,23H,8-10,12-13H2,1-2H3. The van der Waals surface area contributed by atoms with E-state index in [2.05, 4.69) is 18.9 Å². The van der Waals surface area contributed by atoms with Crippen molar-refractivity contribution in [3.8, 4) is 11.4 Å². The van der Waals surface area contributed by atoms with Gasteiger partial charge >= 0.3 is 0 Å². The van der Waals surface area contributed by atoms with E-state index < -0.39 is 0 Å². The van der Waals surface area contributed by atoms with Gasteiger partial charge in [-0.05, 0) is 24.5 Å². The number of aliphatic hydroxyl groups excluding tert-OH is 1. The number of carbonyl (C=O) groups is 1. The van der Waals surface area contributed by atoms with Crippen LogP contribution in [0.25, 0.3) is 5.69 Å². The number of aromatic nitrogens is 2. The summed E-state index contributed by atoms with van der Waals surface area (Å²) < 4.78 is 7.54. The normalized spacial score (nSPS) is 17.3. The van der Waals surface area contributed by atoms with Gasteiger partial charge in [-0.3, -0.25) is 4.79 Å². The Morgan fingerprint density at radius 1 is 1.36 bits per heavy atom. The highest BCUT2D eigenvalue weighted by Gasteiger charge is 2.30. The van der Waals surface area contributed by atoms with Crippen molar-refractivity contribution in [2.45, 2.75) is 20.3 Å². The van der Waals surface area contributed by atoms with E-state index in [1.807, 2.05) is 30.3 Å². The van der Waals surface area contributed by atoms with Crippen molar-refractivity contribution in [3.05, 3.63) is 42.2 Å². The Bertz CT molecular complexity index is 712. The fourth-order valence-corrected chi connectivity index (χ4v) is 2.90. The van der Waals surface area contributed by atoms with Gasteiger partial charge < -0.3 is 14.7 Å². The molecule has 1 atom stereocenters. The predicted molar refractivity (Wildman–Crippen MR) is 95.0 cm³/mol. The Morgan fingerprint density at radius 2 is 2.12 bits per heavy atom. The maximum absolute atomic E-state index is 12.9. The predicted octanol–water partition coefficient (Wildman–Crippen LogP) is 2.36. The minimum absolute atomic E-state index is 0.110. The third kappa shape index (κ3) is 4.02. The molecule has 3 rings (SSSR count). The fraction of sp³-hybridized carbons (Fsp3) is 0.474. The second kappa shape index (κ2) is 7.70. The van der Waals surface area contributed by atoms with Gasteiger partial charge in [0.1, 0.15) is 0 Å². The number of amides is 1. The molecule has 0 bridgehead atoms. The number of carbonyl (C=O) groups excluding carboxylic acids is 1. The lowest BCUT2D eigenvalue weighted by molar-refractivity contribution is 0.0770. The number of aliphatic hydroxyl groups is 1. The van der Waals surface area contributed by atoms with Crippen LogP contribution in [0.15, 0.2) is 36.5 Å². The van der Waals surface area contributed by atoms with Gasteiger partial charge in [-0.2, -0.15) is 5.10 Å². The molecule has 0 spiro atoms. The first-order valence-corrected chi connectivity index (χ1v) is 8.76. The first kappa shape index (κ1) is 17.5. The number of hydrogen-bond acceptors (Lipinski definition) is 4. The maximum atomic E-state index is 12.9. The number of ether oxygens (including phenoxy) is 1. The fourth-order valence-electron chi connectivity index (χ4n) is 2.90. The van der Waals surface area contributed by atoms with Crippen LogP contribution in [0.3, 0.4) is 0 Å². The number of rotatable bonds is 6. The molecule has 0 saturated carbocycles. The second-order valence-electron chi connectivity index (χ2n) is 6.92. The molecule has 1 aromatic heterocycles. The van der Waals surface area contributed by atoms with Gasteiger partial charge in [-0.1, -0.05) is 32.0 Å². The van der Waals surface area contributed by atoms with E-state index in [0.717, 1.165) is 12.1 Å². The lowest BCUT2D eigenvalue weighted by Gasteiger charge is -2.16. The van der Waals surface area contributed by atoms with E-state index in [1.165, 1.54) is 0 Å². The van der Waals surface area contributed by atoms with Crippen LogP contribution in [0.1, 0.15) is 30.8 Å². The zero-order chi connectivity index (χ0) is 17.8. The molecule has 6 nitrogen and oxygen atoms in total. The molecular weight excluding hydrogens is 318 g/mol. The number of nitrogens with zero attached hydrogens (tertiary/aromatic N) is 3. The van der Waals surface area contributed by atoms with Crippen LogP contribution in [0.5, 0.6) is 5.75 Å². The first-order valence-electron chi connectivity index (χ1n) is 8.76. The average molecular weight is 343 g/mol. The Morgan fingerprint density at radius 3 is 2.76 bits per heavy atom. The van der Waals surface area contributed by atoms with Gasteiger partial charge in [-0.15, -0.1) is 0 Å². The second-order valence-corrected chi connectivity index (χ2v) is 6.92. The Balaban J connectivity index is 1.87. The van der Waals surface area contributed by atoms with Gasteiger partial charge in [0.05, 0.1) is 18.5 Å². The summed E-state index contributed by atoms with van der Waals surface area (Å²) in [5.41, 5.74) is 1.22. The van der Waals surface area contributed by atoms with Crippen LogP contribution in [-0.4, -0.2) is 52.0 Å². The molecule has 1 aliphatic rings. The highest BCUT2D eigenvalue weighted by atomic mass is 16.5. The van der Waals surface area contributed by atoms with E-state index in [0.29, 0.717) is 37.1 Å². The van der Waals surface area contributed by atoms with Crippen LogP contribution in [0, 0.1) is 11.8 Å². The molecule has 1 aromatic carbocycles. The zero-order valence-corrected chi connectivity index (χ0v) is 14.8. The molecule has 25 heavy (non-hydrogen) atoms. The van der Waals surface area contributed by atoms with Crippen LogP contribution in [-0.2, 0) is 0 Å². The van der Waals surface area contributed by atoms with E-state index >= 15 is 0 Å². The lowest BCUT2D eigenvalue weighted by atomic mass is 10.1. The van der Waals surface area contributed by atoms with Crippen molar-refractivity contribution < 1.29 is 14.6 Å². The monoisotopic (exact) mass is 343 g/mol. The molecular formula is C19H25N3O3. The summed E-state index contributed by atoms with van der Waals surface area (Å²) in [6.45, 7) is 5.98. The van der Waals surface area contributed by atoms with E-state index in [4.69, 9.17) is 4.74 Å². The van der Waals surface area contributed by atoms with Crippen molar-refractivity contribution in [3.63, 3.8) is 0 Å². The van der Waals surface area contributed by atoms with Crippen LogP contribution >= 0.6 is 0 Å². The number of hydrogen-bond donors (Lipinski definition) is 1. The Hall–Kier alpha value is -2.34. The van der Waals surface area contributed by atoms with Crippen LogP contribution in [0.2, 0.25) is 0 Å². The van der Waals surface area contributed by atoms with Crippen molar-refractivity contribution >= 4 is 5.91 Å². The molecule has 2 aromatic rings. The third-order valence-corrected chi connectivity index (χ3v) is 4.31. The van der Waals surface area contributed by atoms with E-state index in [-0.39, 0.29) is 18.4 Å². The maximum Gasteiger partial charge on any atom is 0.278 e. The SMILES string of the molecule is CC(C)COc1cn(-c2ccccc2)nc1C(=O)N1CCC(CO)C1. The smallest absolute Gasteiger partial charge is 0.278 e. The summed E-state index contributed by atoms with van der Waals surface area (Å²) >= 11 is 0. The quantitative estimate of drug-likeness (QED) is 0.874. The van der Waals surface area contributed by atoms with E-state index in [1.54, 1.807) is 15.8 Å². The van der Waals surface area contributed by atoms with Crippen molar-refractivity contribution in [2.75, 3.05) is 26.3 Å². The molecule has 2 heterocycles. The van der Waals surface area contributed by atoms with Crippen molar-refractivity contribution in [1.82, 2.24) is 14.7 Å². The molecule has 6 heteroatoms. The number of para-hydroxylation sites is 1. The van der Waals surface area contributed by atoms with E-state index in [9.17, 15) is 9.90 Å². The molecule has 1 unspecified atom stereocenters. The summed E-state index contributed by atoms with van der Waals surface area (Å²) in [7, 11) is 0. The number of likely N-dealkylation sites (tertiary alicyclic amines) is 1. The largest absolute Gasteiger partial charge is 0.489 e. The molecule has 1 aliphatic heterocycles. The summed E-state index contributed by atoms with van der Waals surface area (Å²) in [6.07, 6.45) is 2.59. The highest BCUT2D eigenvalue weighted by Crippen LogP contribution is 2.25. The molecule has 134 valence electrons. The molecule has 1 amide bonds. The molecule has 0 aliphatic carbocycles. The summed E-state index contributed by atoms with van der Waals surface area (Å²) in [6, 6.07) is 9.67. The van der Waals surface area contributed by atoms with Gasteiger partial charge in [-0.25, -0.2) is 4.68 Å². The van der Waals surface area contributed by atoms with Crippen molar-refractivity contribution in [2.24, 2.45) is 11.8 Å². The van der Waals surface area contributed by atoms with Crippen LogP contribution < -0.4 is 4.74 Å². The zero-order valence-electron chi connectivity index (χ0n) is 14.8. The topological polar surface area (TPSA) is 67.6 Å². The number of benzene rings is 1. The highest BCUT2D eigenvalue weighted by molar-refractivity contribution is 5.95. The summed E-state index contributed by atoms with van der Waals surface area (Å²) in [5, 5.41) is 13.8. The third-order valence-electron chi connectivity index (χ3n) is 4.31. The minimum Gasteiger partial charge on any atom is -0.489 e. The molecule has 1 saturated heterocycles. The lowest BCUT2D eigenvalue weighted by Crippen LogP contribution is -2.30. The average Bonchev–Trinajstić information content (AvgIpc) is 3.27. The van der Waals surface area contributed by atoms with Gasteiger partial charge in [0.25, 0.3) is 5.91 Å². The summed E-state index contributed by atoms with van der Waals surface area (Å²) in [4.78, 5) is 14.7. The van der Waals surface area contributed by atoms with Crippen LogP contribution in [0.4, 0.5) is 0 Å². The summed E-state index contributed by atoms with van der Waals surface area (Å²) in [5.74, 6) is 0.883. The molecule has 1 N–H and O–H groups in total. The first-order chi connectivity index (χ1) is 12.1. The van der Waals surface area contributed by atoms with Gasteiger partial charge in [0.2, 0.25) is 0 Å². The Labute approximate surface area is 148 Å². The van der Waals surface area contributed by atoms with Crippen molar-refractivity contribution in [1.29, 1.82) is 0 Å². The molecule has 1 fully saturated rings. The molecule has 0 radical (unpaired) electrons. The van der Waals surface area contributed by atoms with Gasteiger partial charge in [0.15, 0.2) is 11.4 Å². The minimum atomic E-state index is -0.135. The van der Waals surface area contributed by atoms with Gasteiger partial charge in [0, 0.05) is 25.6 Å².